The van der Waals surface area contributed by atoms with Crippen molar-refractivity contribution in [1.82, 2.24) is 14.1 Å². The Labute approximate surface area is 171 Å². The lowest BCUT2D eigenvalue weighted by atomic mass is 10.1. The molecule has 2 amide bonds. The summed E-state index contributed by atoms with van der Waals surface area (Å²) in [6, 6.07) is 6.18. The zero-order valence-electron chi connectivity index (χ0n) is 16.5. The molecule has 0 aliphatic carbocycles. The molecule has 3 fully saturated rings. The number of amides is 2. The maximum absolute atomic E-state index is 12.8. The number of ether oxygens (including phenoxy) is 1. The van der Waals surface area contributed by atoms with Crippen LogP contribution in [-0.4, -0.2) is 86.3 Å². The molecule has 1 aromatic rings. The largest absolute Gasteiger partial charge is 0.368 e. The van der Waals surface area contributed by atoms with Crippen LogP contribution in [0.3, 0.4) is 0 Å². The quantitative estimate of drug-likeness (QED) is 0.722. The van der Waals surface area contributed by atoms with E-state index in [2.05, 4.69) is 0 Å². The monoisotopic (exact) mass is 421 g/mol. The molecule has 3 heterocycles. The van der Waals surface area contributed by atoms with Crippen molar-refractivity contribution in [2.45, 2.75) is 36.7 Å². The van der Waals surface area contributed by atoms with Gasteiger partial charge in [0.05, 0.1) is 4.90 Å². The predicted octanol–water partition coefficient (Wildman–Crippen LogP) is 0.934. The van der Waals surface area contributed by atoms with Crippen LogP contribution in [-0.2, 0) is 19.6 Å². The van der Waals surface area contributed by atoms with E-state index in [1.54, 1.807) is 21.9 Å². The fraction of sp³-hybridized carbons (Fsp3) is 0.600. The summed E-state index contributed by atoms with van der Waals surface area (Å²) in [5, 5.41) is 0. The average Bonchev–Trinajstić information content (AvgIpc) is 3.47. The molecular formula is C20H27N3O5S. The van der Waals surface area contributed by atoms with Gasteiger partial charge in [0.25, 0.3) is 11.8 Å². The highest BCUT2D eigenvalue weighted by Gasteiger charge is 2.32. The summed E-state index contributed by atoms with van der Waals surface area (Å²) in [4.78, 5) is 28.9. The molecular weight excluding hydrogens is 394 g/mol. The minimum absolute atomic E-state index is 0.0195. The first-order valence-corrected chi connectivity index (χ1v) is 11.7. The van der Waals surface area contributed by atoms with Crippen molar-refractivity contribution in [2.24, 2.45) is 0 Å². The molecule has 0 radical (unpaired) electrons. The van der Waals surface area contributed by atoms with Gasteiger partial charge in [0.1, 0.15) is 6.10 Å². The van der Waals surface area contributed by atoms with Gasteiger partial charge in [-0.25, -0.2) is 8.42 Å². The summed E-state index contributed by atoms with van der Waals surface area (Å²) in [5.41, 5.74) is 0.462. The lowest BCUT2D eigenvalue weighted by molar-refractivity contribution is -0.142. The Morgan fingerprint density at radius 2 is 1.48 bits per heavy atom. The molecule has 158 valence electrons. The van der Waals surface area contributed by atoms with Gasteiger partial charge in [-0.15, -0.1) is 0 Å². The van der Waals surface area contributed by atoms with E-state index in [0.29, 0.717) is 51.4 Å². The third kappa shape index (κ3) is 4.17. The van der Waals surface area contributed by atoms with Crippen LogP contribution in [0.2, 0.25) is 0 Å². The highest BCUT2D eigenvalue weighted by Crippen LogP contribution is 2.22. The van der Waals surface area contributed by atoms with Crippen molar-refractivity contribution in [3.8, 4) is 0 Å². The molecule has 8 nitrogen and oxygen atoms in total. The van der Waals surface area contributed by atoms with Crippen LogP contribution in [0.1, 0.15) is 36.0 Å². The zero-order chi connectivity index (χ0) is 20.4. The summed E-state index contributed by atoms with van der Waals surface area (Å²) in [7, 11) is -3.48. The van der Waals surface area contributed by atoms with Gasteiger partial charge >= 0.3 is 0 Å². The Morgan fingerprint density at radius 1 is 0.862 bits per heavy atom. The number of hydrogen-bond acceptors (Lipinski definition) is 5. The molecule has 3 aliphatic heterocycles. The Balaban J connectivity index is 1.36. The second-order valence-electron chi connectivity index (χ2n) is 7.75. The SMILES string of the molecule is O=C(c1ccc(S(=O)(=O)N2CCCC2)cc1)N1CCN(C(=O)C2CCCO2)CC1. The van der Waals surface area contributed by atoms with Crippen LogP contribution in [0.4, 0.5) is 0 Å². The van der Waals surface area contributed by atoms with Crippen LogP contribution < -0.4 is 0 Å². The van der Waals surface area contributed by atoms with Gasteiger partial charge in [0.2, 0.25) is 10.0 Å². The molecule has 0 saturated carbocycles. The van der Waals surface area contributed by atoms with Crippen molar-refractivity contribution in [3.05, 3.63) is 29.8 Å². The molecule has 1 aromatic carbocycles. The summed E-state index contributed by atoms with van der Waals surface area (Å²) >= 11 is 0. The number of carbonyl (C=O) groups is 2. The van der Waals surface area contributed by atoms with Crippen LogP contribution >= 0.6 is 0 Å². The van der Waals surface area contributed by atoms with Gasteiger partial charge in [0.15, 0.2) is 0 Å². The van der Waals surface area contributed by atoms with Gasteiger partial charge in [-0.1, -0.05) is 0 Å². The number of sulfonamides is 1. The van der Waals surface area contributed by atoms with E-state index >= 15 is 0 Å². The summed E-state index contributed by atoms with van der Waals surface area (Å²) in [5.74, 6) is -0.120. The molecule has 4 rings (SSSR count). The number of hydrogen-bond donors (Lipinski definition) is 0. The number of piperazine rings is 1. The van der Waals surface area contributed by atoms with E-state index in [-0.39, 0.29) is 22.8 Å². The first kappa shape index (κ1) is 20.3. The molecule has 0 N–H and O–H groups in total. The van der Waals surface area contributed by atoms with Gasteiger partial charge in [-0.05, 0) is 49.9 Å². The van der Waals surface area contributed by atoms with Crippen molar-refractivity contribution < 1.29 is 22.7 Å². The molecule has 0 bridgehead atoms. The number of nitrogens with zero attached hydrogens (tertiary/aromatic N) is 3. The Bertz CT molecular complexity index is 851. The van der Waals surface area contributed by atoms with Crippen molar-refractivity contribution in [2.75, 3.05) is 45.9 Å². The molecule has 1 unspecified atom stereocenters. The minimum Gasteiger partial charge on any atom is -0.368 e. The van der Waals surface area contributed by atoms with Crippen molar-refractivity contribution >= 4 is 21.8 Å². The van der Waals surface area contributed by atoms with Crippen LogP contribution in [0, 0.1) is 0 Å². The fourth-order valence-corrected chi connectivity index (χ4v) is 5.65. The van der Waals surface area contributed by atoms with Crippen molar-refractivity contribution in [3.63, 3.8) is 0 Å². The fourth-order valence-electron chi connectivity index (χ4n) is 4.14. The molecule has 3 aliphatic rings. The predicted molar refractivity (Wildman–Crippen MR) is 106 cm³/mol. The standard InChI is InChI=1S/C20H27N3O5S/c24-19(21-11-13-22(14-12-21)20(25)18-4-3-15-28-18)16-5-7-17(8-6-16)29(26,27)23-9-1-2-10-23/h5-8,18H,1-4,9-15H2. The Hall–Kier alpha value is -1.97. The maximum Gasteiger partial charge on any atom is 0.253 e. The lowest BCUT2D eigenvalue weighted by Crippen LogP contribution is -2.52. The molecule has 9 heteroatoms. The molecule has 29 heavy (non-hydrogen) atoms. The van der Waals surface area contributed by atoms with Crippen LogP contribution in [0.25, 0.3) is 0 Å². The third-order valence-electron chi connectivity index (χ3n) is 5.89. The summed E-state index contributed by atoms with van der Waals surface area (Å²) < 4.78 is 32.2. The number of carbonyl (C=O) groups excluding carboxylic acids is 2. The first-order chi connectivity index (χ1) is 14.0. The normalized spacial score (nSPS) is 23.5. The first-order valence-electron chi connectivity index (χ1n) is 10.3. The highest BCUT2D eigenvalue weighted by atomic mass is 32.2. The maximum atomic E-state index is 12.8. The van der Waals surface area contributed by atoms with E-state index in [1.807, 2.05) is 0 Å². The van der Waals surface area contributed by atoms with E-state index in [9.17, 15) is 18.0 Å². The van der Waals surface area contributed by atoms with Crippen LogP contribution in [0.5, 0.6) is 0 Å². The van der Waals surface area contributed by atoms with E-state index < -0.39 is 10.0 Å². The second kappa shape index (κ2) is 8.41. The molecule has 0 aromatic heterocycles. The van der Waals surface area contributed by atoms with Crippen molar-refractivity contribution in [1.29, 1.82) is 0 Å². The molecule has 3 saturated heterocycles. The Kier molecular flexibility index (Phi) is 5.89. The highest BCUT2D eigenvalue weighted by molar-refractivity contribution is 7.89. The summed E-state index contributed by atoms with van der Waals surface area (Å²) in [6.07, 6.45) is 3.12. The topological polar surface area (TPSA) is 87.2 Å². The van der Waals surface area contributed by atoms with Gasteiger partial charge < -0.3 is 14.5 Å². The number of rotatable bonds is 4. The van der Waals surface area contributed by atoms with E-state index in [1.165, 1.54) is 16.4 Å². The van der Waals surface area contributed by atoms with Gasteiger partial charge in [-0.2, -0.15) is 4.31 Å². The zero-order valence-corrected chi connectivity index (χ0v) is 17.3. The van der Waals surface area contributed by atoms with Crippen LogP contribution in [0.15, 0.2) is 29.2 Å². The average molecular weight is 422 g/mol. The lowest BCUT2D eigenvalue weighted by Gasteiger charge is -2.35. The summed E-state index contributed by atoms with van der Waals surface area (Å²) in [6.45, 7) is 3.65. The third-order valence-corrected chi connectivity index (χ3v) is 7.80. The molecule has 0 spiro atoms. The van der Waals surface area contributed by atoms with E-state index in [4.69, 9.17) is 4.74 Å². The Morgan fingerprint density at radius 3 is 2.07 bits per heavy atom. The number of benzene rings is 1. The second-order valence-corrected chi connectivity index (χ2v) is 9.69. The molecule has 1 atom stereocenters. The van der Waals surface area contributed by atoms with Gasteiger partial charge in [0, 0.05) is 51.4 Å². The smallest absolute Gasteiger partial charge is 0.253 e. The van der Waals surface area contributed by atoms with Gasteiger partial charge in [-0.3, -0.25) is 9.59 Å². The van der Waals surface area contributed by atoms with E-state index in [0.717, 1.165) is 25.7 Å². The minimum atomic E-state index is -3.48.